The lowest BCUT2D eigenvalue weighted by atomic mass is 9.78. The molecule has 2 aliphatic rings. The Bertz CT molecular complexity index is 1470. The SMILES string of the molecule is CCc1ccc([C@H]2CN3C(=O)N(c4cccc(OC)c4)C(=O)[C@]3(C)c3[nH]c4ccccc4c32)cc1. The number of benzene rings is 3. The van der Waals surface area contributed by atoms with Crippen LogP contribution in [0.2, 0.25) is 0 Å². The molecule has 1 N–H and O–H groups in total. The predicted octanol–water partition coefficient (Wildman–Crippen LogP) is 5.57. The fourth-order valence-electron chi connectivity index (χ4n) is 5.65. The first-order chi connectivity index (χ1) is 17.0. The van der Waals surface area contributed by atoms with Crippen molar-refractivity contribution in [2.75, 3.05) is 18.6 Å². The van der Waals surface area contributed by atoms with E-state index in [-0.39, 0.29) is 17.9 Å². The Morgan fingerprint density at radius 3 is 2.54 bits per heavy atom. The van der Waals surface area contributed by atoms with Crippen LogP contribution in [0.1, 0.15) is 42.1 Å². The Morgan fingerprint density at radius 1 is 1.03 bits per heavy atom. The zero-order chi connectivity index (χ0) is 24.3. The fraction of sp³-hybridized carbons (Fsp3) is 0.241. The number of imide groups is 1. The number of aromatic amines is 1. The summed E-state index contributed by atoms with van der Waals surface area (Å²) in [5.41, 5.74) is 4.64. The molecular weight excluding hydrogens is 438 g/mol. The number of H-pyrrole nitrogens is 1. The molecule has 35 heavy (non-hydrogen) atoms. The molecule has 1 fully saturated rings. The number of aromatic nitrogens is 1. The molecule has 0 unspecified atom stereocenters. The summed E-state index contributed by atoms with van der Waals surface area (Å²) in [6, 6.07) is 23.5. The molecule has 2 aliphatic heterocycles. The number of aryl methyl sites for hydroxylation is 1. The Morgan fingerprint density at radius 2 is 1.80 bits per heavy atom. The van der Waals surface area contributed by atoms with E-state index in [1.807, 2.05) is 25.1 Å². The van der Waals surface area contributed by atoms with Gasteiger partial charge in [-0.25, -0.2) is 9.69 Å². The first-order valence-corrected chi connectivity index (χ1v) is 12.0. The minimum atomic E-state index is -1.13. The molecule has 0 spiro atoms. The highest BCUT2D eigenvalue weighted by Gasteiger charge is 2.60. The van der Waals surface area contributed by atoms with Crippen molar-refractivity contribution in [1.82, 2.24) is 9.88 Å². The number of hydrogen-bond donors (Lipinski definition) is 1. The number of para-hydroxylation sites is 1. The molecule has 6 heteroatoms. The van der Waals surface area contributed by atoms with Gasteiger partial charge in [-0.2, -0.15) is 0 Å². The normalized spacial score (nSPS) is 21.4. The monoisotopic (exact) mass is 465 g/mol. The van der Waals surface area contributed by atoms with Gasteiger partial charge in [0.1, 0.15) is 5.75 Å². The van der Waals surface area contributed by atoms with E-state index in [1.54, 1.807) is 36.3 Å². The van der Waals surface area contributed by atoms with Crippen molar-refractivity contribution in [3.05, 3.63) is 95.2 Å². The van der Waals surface area contributed by atoms with Crippen LogP contribution >= 0.6 is 0 Å². The van der Waals surface area contributed by atoms with Gasteiger partial charge in [0, 0.05) is 29.4 Å². The summed E-state index contributed by atoms with van der Waals surface area (Å²) >= 11 is 0. The van der Waals surface area contributed by atoms with Gasteiger partial charge in [0.05, 0.1) is 18.5 Å². The maximum Gasteiger partial charge on any atom is 0.332 e. The highest BCUT2D eigenvalue weighted by molar-refractivity contribution is 6.23. The zero-order valence-corrected chi connectivity index (χ0v) is 20.0. The molecule has 6 rings (SSSR count). The van der Waals surface area contributed by atoms with Crippen molar-refractivity contribution in [3.63, 3.8) is 0 Å². The summed E-state index contributed by atoms with van der Waals surface area (Å²) in [6.45, 7) is 4.42. The average Bonchev–Trinajstić information content (AvgIpc) is 3.38. The third-order valence-electron chi connectivity index (χ3n) is 7.63. The number of nitrogens with zero attached hydrogens (tertiary/aromatic N) is 2. The second kappa shape index (κ2) is 7.73. The van der Waals surface area contributed by atoms with Crippen LogP contribution in [0, 0.1) is 0 Å². The molecule has 3 amide bonds. The number of carbonyl (C=O) groups excluding carboxylic acids is 2. The molecule has 4 aromatic rings. The van der Waals surface area contributed by atoms with Crippen LogP contribution in [0.3, 0.4) is 0 Å². The molecule has 0 radical (unpaired) electrons. The minimum Gasteiger partial charge on any atom is -0.497 e. The summed E-state index contributed by atoms with van der Waals surface area (Å²) in [5, 5.41) is 1.09. The largest absolute Gasteiger partial charge is 0.497 e. The molecule has 0 bridgehead atoms. The standard InChI is InChI=1S/C29H27N3O3/c1-4-18-12-14-19(15-13-18)23-17-31-28(34)32(20-8-7-9-21(16-20)35-3)27(33)29(31,2)26-25(23)22-10-5-6-11-24(22)30-26/h5-16,23,30H,4,17H2,1-3H3/t23-,29+/m1/s1. The Balaban J connectivity index is 1.55. The zero-order valence-electron chi connectivity index (χ0n) is 20.0. The van der Waals surface area contributed by atoms with Gasteiger partial charge in [0.2, 0.25) is 0 Å². The second-order valence-electron chi connectivity index (χ2n) is 9.41. The maximum atomic E-state index is 14.0. The smallest absolute Gasteiger partial charge is 0.332 e. The van der Waals surface area contributed by atoms with Crippen LogP contribution in [-0.2, 0) is 16.8 Å². The summed E-state index contributed by atoms with van der Waals surface area (Å²) in [6.07, 6.45) is 0.968. The van der Waals surface area contributed by atoms with E-state index in [0.29, 0.717) is 18.0 Å². The number of fused-ring (bicyclic) bond motifs is 5. The van der Waals surface area contributed by atoms with E-state index in [1.165, 1.54) is 10.5 Å². The van der Waals surface area contributed by atoms with Crippen LogP contribution < -0.4 is 9.64 Å². The van der Waals surface area contributed by atoms with E-state index in [9.17, 15) is 9.59 Å². The Labute approximate surface area is 204 Å². The van der Waals surface area contributed by atoms with E-state index < -0.39 is 5.54 Å². The number of amides is 3. The number of urea groups is 1. The number of methoxy groups -OCH3 is 1. The lowest BCUT2D eigenvalue weighted by molar-refractivity contribution is -0.125. The van der Waals surface area contributed by atoms with E-state index >= 15 is 0 Å². The number of rotatable bonds is 4. The van der Waals surface area contributed by atoms with Gasteiger partial charge in [-0.3, -0.25) is 4.79 Å². The molecule has 1 saturated heterocycles. The fourth-order valence-corrected chi connectivity index (χ4v) is 5.65. The number of carbonyl (C=O) groups is 2. The highest BCUT2D eigenvalue weighted by Crippen LogP contribution is 2.50. The molecular formula is C29H27N3O3. The first-order valence-electron chi connectivity index (χ1n) is 12.0. The number of anilines is 1. The Kier molecular flexibility index (Phi) is 4.74. The van der Waals surface area contributed by atoms with Gasteiger partial charge in [-0.15, -0.1) is 0 Å². The van der Waals surface area contributed by atoms with E-state index in [0.717, 1.165) is 34.1 Å². The van der Waals surface area contributed by atoms with Crippen LogP contribution in [0.4, 0.5) is 10.5 Å². The molecule has 3 aromatic carbocycles. The summed E-state index contributed by atoms with van der Waals surface area (Å²) in [7, 11) is 1.57. The van der Waals surface area contributed by atoms with Crippen molar-refractivity contribution in [3.8, 4) is 5.75 Å². The topological polar surface area (TPSA) is 65.6 Å². The highest BCUT2D eigenvalue weighted by atomic mass is 16.5. The van der Waals surface area contributed by atoms with Crippen LogP contribution in [0.15, 0.2) is 72.8 Å². The molecule has 6 nitrogen and oxygen atoms in total. The van der Waals surface area contributed by atoms with Crippen LogP contribution in [0.5, 0.6) is 5.75 Å². The number of nitrogens with one attached hydrogen (secondary N) is 1. The summed E-state index contributed by atoms with van der Waals surface area (Å²) < 4.78 is 5.35. The lowest BCUT2D eigenvalue weighted by Crippen LogP contribution is -2.50. The summed E-state index contributed by atoms with van der Waals surface area (Å²) in [4.78, 5) is 34.4. The third-order valence-corrected chi connectivity index (χ3v) is 7.63. The van der Waals surface area contributed by atoms with Crippen LogP contribution in [-0.4, -0.2) is 35.5 Å². The average molecular weight is 466 g/mol. The quantitative estimate of drug-likeness (QED) is 0.401. The van der Waals surface area contributed by atoms with Crippen molar-refractivity contribution in [1.29, 1.82) is 0 Å². The lowest BCUT2D eigenvalue weighted by Gasteiger charge is -2.40. The molecule has 2 atom stereocenters. The predicted molar refractivity (Wildman–Crippen MR) is 136 cm³/mol. The van der Waals surface area contributed by atoms with Gasteiger partial charge in [0.25, 0.3) is 5.91 Å². The molecule has 1 aromatic heterocycles. The minimum absolute atomic E-state index is 0.0536. The Hall–Kier alpha value is -4.06. The van der Waals surface area contributed by atoms with Gasteiger partial charge in [0.15, 0.2) is 5.54 Å². The third kappa shape index (κ3) is 2.95. The van der Waals surface area contributed by atoms with Gasteiger partial charge < -0.3 is 14.6 Å². The first kappa shape index (κ1) is 21.5. The van der Waals surface area contributed by atoms with Gasteiger partial charge in [-0.05, 0) is 48.2 Å². The van der Waals surface area contributed by atoms with E-state index in [2.05, 4.69) is 42.2 Å². The molecule has 3 heterocycles. The van der Waals surface area contributed by atoms with Gasteiger partial charge >= 0.3 is 6.03 Å². The maximum absolute atomic E-state index is 14.0. The number of ether oxygens (including phenoxy) is 1. The second-order valence-corrected chi connectivity index (χ2v) is 9.41. The van der Waals surface area contributed by atoms with Crippen molar-refractivity contribution >= 4 is 28.5 Å². The van der Waals surface area contributed by atoms with Gasteiger partial charge in [-0.1, -0.05) is 55.5 Å². The van der Waals surface area contributed by atoms with Crippen molar-refractivity contribution in [2.24, 2.45) is 0 Å². The molecule has 176 valence electrons. The molecule has 0 aliphatic carbocycles. The van der Waals surface area contributed by atoms with Crippen LogP contribution in [0.25, 0.3) is 10.9 Å². The van der Waals surface area contributed by atoms with Crippen molar-refractivity contribution < 1.29 is 14.3 Å². The number of hydrogen-bond acceptors (Lipinski definition) is 3. The summed E-state index contributed by atoms with van der Waals surface area (Å²) in [5.74, 6) is 0.281. The van der Waals surface area contributed by atoms with Crippen molar-refractivity contribution in [2.45, 2.75) is 31.7 Å². The van der Waals surface area contributed by atoms with E-state index in [4.69, 9.17) is 4.74 Å². The molecule has 0 saturated carbocycles.